The van der Waals surface area contributed by atoms with Crippen molar-refractivity contribution in [3.8, 4) is 6.07 Å². The monoisotopic (exact) mass is 339 g/mol. The summed E-state index contributed by atoms with van der Waals surface area (Å²) in [5.41, 5.74) is 6.39. The predicted octanol–water partition coefficient (Wildman–Crippen LogP) is 2.76. The summed E-state index contributed by atoms with van der Waals surface area (Å²) in [6.07, 6.45) is 0. The van der Waals surface area contributed by atoms with E-state index in [0.717, 1.165) is 0 Å². The molecule has 6 nitrogen and oxygen atoms in total. The third-order valence-electron chi connectivity index (χ3n) is 2.43. The van der Waals surface area contributed by atoms with Gasteiger partial charge in [0.2, 0.25) is 11.0 Å². The number of benzene rings is 1. The van der Waals surface area contributed by atoms with Crippen LogP contribution in [0.4, 0.5) is 10.8 Å². The van der Waals surface area contributed by atoms with E-state index in [0.29, 0.717) is 25.7 Å². The van der Waals surface area contributed by atoms with E-state index in [9.17, 15) is 4.79 Å². The number of halogens is 1. The molecule has 1 amide bonds. The van der Waals surface area contributed by atoms with Crippen molar-refractivity contribution in [1.82, 2.24) is 10.2 Å². The molecule has 0 saturated carbocycles. The average Bonchev–Trinajstić information content (AvgIpc) is 2.84. The first-order valence-electron chi connectivity index (χ1n) is 5.75. The number of carbonyl (C=O) groups excluding carboxylic acids is 1. The number of nitriles is 1. The molecule has 0 fully saturated rings. The minimum absolute atomic E-state index is 0.199. The molecule has 1 unspecified atom stereocenters. The maximum absolute atomic E-state index is 12.1. The number of rotatable bonds is 4. The van der Waals surface area contributed by atoms with Crippen LogP contribution in [0, 0.1) is 11.3 Å². The maximum atomic E-state index is 12.1. The number of hydrogen-bond acceptors (Lipinski definition) is 7. The molecule has 0 saturated heterocycles. The molecule has 3 N–H and O–H groups in total. The molecular weight excluding hydrogens is 330 g/mol. The molecule has 1 heterocycles. The SMILES string of the molecule is CC(Sc1nnc(N)s1)C(=O)Nc1ccc(C#N)c(Cl)c1. The number of carbonyl (C=O) groups is 1. The van der Waals surface area contributed by atoms with E-state index in [1.807, 2.05) is 6.07 Å². The normalized spacial score (nSPS) is 11.7. The molecule has 0 aliphatic heterocycles. The second-order valence-corrected chi connectivity index (χ2v) is 6.97. The number of anilines is 2. The van der Waals surface area contributed by atoms with Gasteiger partial charge in [-0.3, -0.25) is 4.79 Å². The fourth-order valence-corrected chi connectivity index (χ4v) is 3.40. The molecule has 108 valence electrons. The molecule has 1 aromatic heterocycles. The number of nitrogens with one attached hydrogen (secondary N) is 1. The summed E-state index contributed by atoms with van der Waals surface area (Å²) >= 11 is 8.42. The lowest BCUT2D eigenvalue weighted by atomic mass is 10.2. The van der Waals surface area contributed by atoms with Crippen LogP contribution < -0.4 is 11.1 Å². The Morgan fingerprint density at radius 2 is 2.33 bits per heavy atom. The third kappa shape index (κ3) is 4.07. The summed E-state index contributed by atoms with van der Waals surface area (Å²) in [7, 11) is 0. The Bertz CT molecular complexity index is 712. The van der Waals surface area contributed by atoms with Crippen LogP contribution in [0.5, 0.6) is 0 Å². The molecule has 1 atom stereocenters. The lowest BCUT2D eigenvalue weighted by Crippen LogP contribution is -2.22. The van der Waals surface area contributed by atoms with Gasteiger partial charge >= 0.3 is 0 Å². The summed E-state index contributed by atoms with van der Waals surface area (Å²) in [6.45, 7) is 1.75. The van der Waals surface area contributed by atoms with Crippen molar-refractivity contribution >= 4 is 51.4 Å². The first kappa shape index (κ1) is 15.6. The van der Waals surface area contributed by atoms with Crippen molar-refractivity contribution in [3.63, 3.8) is 0 Å². The second-order valence-electron chi connectivity index (χ2n) is 3.96. The zero-order valence-electron chi connectivity index (χ0n) is 10.8. The van der Waals surface area contributed by atoms with Gasteiger partial charge in [-0.15, -0.1) is 10.2 Å². The van der Waals surface area contributed by atoms with Crippen LogP contribution in [0.15, 0.2) is 22.5 Å². The fraction of sp³-hybridized carbons (Fsp3) is 0.167. The van der Waals surface area contributed by atoms with E-state index >= 15 is 0 Å². The Labute approximate surface area is 134 Å². The van der Waals surface area contributed by atoms with Crippen LogP contribution in [0.1, 0.15) is 12.5 Å². The van der Waals surface area contributed by atoms with Crippen molar-refractivity contribution in [2.75, 3.05) is 11.1 Å². The molecule has 21 heavy (non-hydrogen) atoms. The van der Waals surface area contributed by atoms with Crippen LogP contribution in [0.2, 0.25) is 5.02 Å². The van der Waals surface area contributed by atoms with Gasteiger partial charge < -0.3 is 11.1 Å². The average molecular weight is 340 g/mol. The predicted molar refractivity (Wildman–Crippen MR) is 84.4 cm³/mol. The summed E-state index contributed by atoms with van der Waals surface area (Å²) in [5, 5.41) is 19.4. The van der Waals surface area contributed by atoms with Gasteiger partial charge in [-0.2, -0.15) is 5.26 Å². The van der Waals surface area contributed by atoms with Gasteiger partial charge in [0.25, 0.3) is 0 Å². The minimum Gasteiger partial charge on any atom is -0.374 e. The highest BCUT2D eigenvalue weighted by atomic mass is 35.5. The number of nitrogens with two attached hydrogens (primary N) is 1. The molecule has 0 aliphatic rings. The number of nitrogen functional groups attached to an aromatic ring is 1. The van der Waals surface area contributed by atoms with Crippen molar-refractivity contribution in [2.24, 2.45) is 0 Å². The highest BCUT2D eigenvalue weighted by molar-refractivity contribution is 8.02. The molecule has 0 aliphatic carbocycles. The molecule has 1 aromatic carbocycles. The van der Waals surface area contributed by atoms with Gasteiger partial charge in [0, 0.05) is 5.69 Å². The second kappa shape index (κ2) is 6.76. The van der Waals surface area contributed by atoms with E-state index in [4.69, 9.17) is 22.6 Å². The number of thioether (sulfide) groups is 1. The zero-order valence-corrected chi connectivity index (χ0v) is 13.2. The van der Waals surface area contributed by atoms with Crippen molar-refractivity contribution in [3.05, 3.63) is 28.8 Å². The summed E-state index contributed by atoms with van der Waals surface area (Å²) < 4.78 is 0.632. The Morgan fingerprint density at radius 3 is 2.90 bits per heavy atom. The van der Waals surface area contributed by atoms with Crippen LogP contribution in [-0.2, 0) is 4.79 Å². The standard InChI is InChI=1S/C12H10ClN5OS2/c1-6(20-12-18-17-11(15)21-12)10(19)16-8-3-2-7(5-14)9(13)4-8/h2-4,6H,1H3,(H2,15,17)(H,16,19). The zero-order chi connectivity index (χ0) is 15.4. The number of hydrogen-bond donors (Lipinski definition) is 2. The highest BCUT2D eigenvalue weighted by Gasteiger charge is 2.17. The Balaban J connectivity index is 2.00. The Hall–Kier alpha value is -1.82. The van der Waals surface area contributed by atoms with Gasteiger partial charge in [-0.1, -0.05) is 34.7 Å². The first-order valence-corrected chi connectivity index (χ1v) is 7.83. The molecule has 2 rings (SSSR count). The molecule has 0 radical (unpaired) electrons. The lowest BCUT2D eigenvalue weighted by molar-refractivity contribution is -0.115. The van der Waals surface area contributed by atoms with Crippen LogP contribution in [-0.4, -0.2) is 21.4 Å². The Kier molecular flexibility index (Phi) is 5.01. The van der Waals surface area contributed by atoms with Crippen molar-refractivity contribution in [1.29, 1.82) is 5.26 Å². The molecule has 0 bridgehead atoms. The smallest absolute Gasteiger partial charge is 0.237 e. The molecule has 2 aromatic rings. The largest absolute Gasteiger partial charge is 0.374 e. The first-order chi connectivity index (χ1) is 9.99. The van der Waals surface area contributed by atoms with Gasteiger partial charge in [-0.05, 0) is 25.1 Å². The lowest BCUT2D eigenvalue weighted by Gasteiger charge is -2.10. The number of amides is 1. The van der Waals surface area contributed by atoms with E-state index in [-0.39, 0.29) is 11.2 Å². The summed E-state index contributed by atoms with van der Waals surface area (Å²) in [5.74, 6) is -0.199. The van der Waals surface area contributed by atoms with Crippen LogP contribution in [0.25, 0.3) is 0 Å². The highest BCUT2D eigenvalue weighted by Crippen LogP contribution is 2.28. The number of aromatic nitrogens is 2. The minimum atomic E-state index is -0.369. The topological polar surface area (TPSA) is 105 Å². The number of nitrogens with zero attached hydrogens (tertiary/aromatic N) is 3. The molecule has 9 heteroatoms. The van der Waals surface area contributed by atoms with E-state index in [1.54, 1.807) is 25.1 Å². The van der Waals surface area contributed by atoms with E-state index in [1.165, 1.54) is 23.1 Å². The summed E-state index contributed by atoms with van der Waals surface area (Å²) in [6, 6.07) is 6.68. The third-order valence-corrected chi connectivity index (χ3v) is 4.68. The van der Waals surface area contributed by atoms with Gasteiger partial charge in [-0.25, -0.2) is 0 Å². The van der Waals surface area contributed by atoms with E-state index in [2.05, 4.69) is 15.5 Å². The van der Waals surface area contributed by atoms with E-state index < -0.39 is 0 Å². The van der Waals surface area contributed by atoms with Gasteiger partial charge in [0.15, 0.2) is 4.34 Å². The Morgan fingerprint density at radius 1 is 1.57 bits per heavy atom. The maximum Gasteiger partial charge on any atom is 0.237 e. The van der Waals surface area contributed by atoms with Crippen molar-refractivity contribution < 1.29 is 4.79 Å². The fourth-order valence-electron chi connectivity index (χ4n) is 1.40. The van der Waals surface area contributed by atoms with Gasteiger partial charge in [0.1, 0.15) is 6.07 Å². The molecule has 0 spiro atoms. The quantitative estimate of drug-likeness (QED) is 0.830. The van der Waals surface area contributed by atoms with Crippen LogP contribution in [0.3, 0.4) is 0 Å². The van der Waals surface area contributed by atoms with Crippen LogP contribution >= 0.6 is 34.7 Å². The molecular formula is C12H10ClN5OS2. The van der Waals surface area contributed by atoms with Gasteiger partial charge in [0.05, 0.1) is 15.8 Å². The van der Waals surface area contributed by atoms with Crippen molar-refractivity contribution in [2.45, 2.75) is 16.5 Å². The summed E-state index contributed by atoms with van der Waals surface area (Å²) in [4.78, 5) is 12.1.